The van der Waals surface area contributed by atoms with E-state index in [1.165, 1.54) is 11.3 Å². The molecule has 0 aliphatic carbocycles. The first-order valence-electron chi connectivity index (χ1n) is 6.67. The number of hydrogen-bond acceptors (Lipinski definition) is 6. The molecular weight excluding hydrogens is 290 g/mol. The summed E-state index contributed by atoms with van der Waals surface area (Å²) >= 11 is 1.21. The number of para-hydroxylation sites is 2. The fraction of sp³-hybridized carbons (Fsp3) is 0.286. The van der Waals surface area contributed by atoms with E-state index in [1.807, 2.05) is 12.1 Å². The Kier molecular flexibility index (Phi) is 3.66. The van der Waals surface area contributed by atoms with Gasteiger partial charge in [0.2, 0.25) is 0 Å². The zero-order valence-electron chi connectivity index (χ0n) is 11.3. The Morgan fingerprint density at radius 2 is 1.71 bits per heavy atom. The first-order valence-corrected chi connectivity index (χ1v) is 7.49. The summed E-state index contributed by atoms with van der Waals surface area (Å²) in [6, 6.07) is 10.7. The minimum atomic E-state index is -0.355. The van der Waals surface area contributed by atoms with E-state index in [4.69, 9.17) is 0 Å². The van der Waals surface area contributed by atoms with Gasteiger partial charge in [0.05, 0.1) is 15.6 Å². The summed E-state index contributed by atoms with van der Waals surface area (Å²) in [5, 5.41) is 21.7. The molecule has 6 nitrogen and oxygen atoms in total. The average Bonchev–Trinajstić information content (AvgIpc) is 2.98. The van der Waals surface area contributed by atoms with Gasteiger partial charge in [-0.1, -0.05) is 12.1 Å². The van der Waals surface area contributed by atoms with Gasteiger partial charge in [-0.05, 0) is 29.5 Å². The molecule has 3 rings (SSSR count). The second kappa shape index (κ2) is 5.61. The molecule has 0 bridgehead atoms. The van der Waals surface area contributed by atoms with Crippen molar-refractivity contribution in [1.82, 2.24) is 0 Å². The van der Waals surface area contributed by atoms with Gasteiger partial charge < -0.3 is 14.9 Å². The molecule has 0 amide bonds. The summed E-state index contributed by atoms with van der Waals surface area (Å²) < 4.78 is 0. The largest absolute Gasteiger partial charge is 0.506 e. The van der Waals surface area contributed by atoms with Crippen molar-refractivity contribution >= 4 is 27.0 Å². The van der Waals surface area contributed by atoms with Crippen molar-refractivity contribution in [2.75, 3.05) is 36.0 Å². The number of piperazine rings is 1. The SMILES string of the molecule is O=[N+]([O-])c1ccc(N2CCN(c3ccccc3O)CC2)s1. The van der Waals surface area contributed by atoms with Gasteiger partial charge in [-0.3, -0.25) is 10.1 Å². The smallest absolute Gasteiger partial charge is 0.326 e. The molecule has 110 valence electrons. The summed E-state index contributed by atoms with van der Waals surface area (Å²) in [5.41, 5.74) is 0.842. The second-order valence-corrected chi connectivity index (χ2v) is 5.87. The van der Waals surface area contributed by atoms with Crippen LogP contribution in [0.25, 0.3) is 0 Å². The first kappa shape index (κ1) is 13.7. The van der Waals surface area contributed by atoms with Gasteiger partial charge >= 0.3 is 5.00 Å². The van der Waals surface area contributed by atoms with Crippen molar-refractivity contribution in [1.29, 1.82) is 0 Å². The van der Waals surface area contributed by atoms with Crippen LogP contribution in [-0.4, -0.2) is 36.2 Å². The van der Waals surface area contributed by atoms with Crippen LogP contribution in [0, 0.1) is 10.1 Å². The van der Waals surface area contributed by atoms with Crippen LogP contribution in [0.15, 0.2) is 36.4 Å². The van der Waals surface area contributed by atoms with E-state index in [9.17, 15) is 15.2 Å². The lowest BCUT2D eigenvalue weighted by Gasteiger charge is -2.36. The number of nitro groups is 1. The lowest BCUT2D eigenvalue weighted by atomic mass is 10.2. The number of hydrogen-bond donors (Lipinski definition) is 1. The van der Waals surface area contributed by atoms with Gasteiger partial charge in [0.25, 0.3) is 0 Å². The number of phenols is 1. The van der Waals surface area contributed by atoms with Crippen LogP contribution >= 0.6 is 11.3 Å². The monoisotopic (exact) mass is 305 g/mol. The Labute approximate surface area is 126 Å². The molecule has 0 saturated carbocycles. The van der Waals surface area contributed by atoms with E-state index in [-0.39, 0.29) is 15.7 Å². The van der Waals surface area contributed by atoms with Crippen LogP contribution in [0.3, 0.4) is 0 Å². The molecule has 0 unspecified atom stereocenters. The number of benzene rings is 1. The highest BCUT2D eigenvalue weighted by atomic mass is 32.1. The third kappa shape index (κ3) is 2.78. The maximum Gasteiger partial charge on any atom is 0.326 e. The zero-order chi connectivity index (χ0) is 14.8. The highest BCUT2D eigenvalue weighted by molar-refractivity contribution is 7.19. The lowest BCUT2D eigenvalue weighted by molar-refractivity contribution is -0.380. The van der Waals surface area contributed by atoms with Gasteiger partial charge in [0.1, 0.15) is 5.75 Å². The van der Waals surface area contributed by atoms with E-state index >= 15 is 0 Å². The highest BCUT2D eigenvalue weighted by Crippen LogP contribution is 2.33. The third-order valence-corrected chi connectivity index (χ3v) is 4.67. The van der Waals surface area contributed by atoms with Crippen molar-refractivity contribution in [3.8, 4) is 5.75 Å². The number of rotatable bonds is 3. The molecule has 0 atom stereocenters. The molecule has 21 heavy (non-hydrogen) atoms. The van der Waals surface area contributed by atoms with Crippen molar-refractivity contribution < 1.29 is 10.0 Å². The topological polar surface area (TPSA) is 69.9 Å². The van der Waals surface area contributed by atoms with E-state index in [1.54, 1.807) is 24.3 Å². The average molecular weight is 305 g/mol. The van der Waals surface area contributed by atoms with Gasteiger partial charge in [0, 0.05) is 32.2 Å². The summed E-state index contributed by atoms with van der Waals surface area (Å²) in [6.07, 6.45) is 0. The Hall–Kier alpha value is -2.28. The quantitative estimate of drug-likeness (QED) is 0.697. The number of nitrogens with zero attached hydrogens (tertiary/aromatic N) is 3. The number of phenolic OH excluding ortho intramolecular Hbond substituents is 1. The molecule has 1 saturated heterocycles. The maximum absolute atomic E-state index is 10.7. The minimum absolute atomic E-state index is 0.174. The van der Waals surface area contributed by atoms with E-state index in [0.717, 1.165) is 36.9 Å². The molecule has 1 N–H and O–H groups in total. The van der Waals surface area contributed by atoms with Gasteiger partial charge in [-0.2, -0.15) is 0 Å². The van der Waals surface area contributed by atoms with Crippen LogP contribution < -0.4 is 9.80 Å². The van der Waals surface area contributed by atoms with E-state index < -0.39 is 0 Å². The minimum Gasteiger partial charge on any atom is -0.506 e. The fourth-order valence-electron chi connectivity index (χ4n) is 2.49. The molecule has 1 fully saturated rings. The summed E-state index contributed by atoms with van der Waals surface area (Å²) in [6.45, 7) is 3.13. The molecule has 1 aliphatic heterocycles. The molecule has 1 aromatic heterocycles. The maximum atomic E-state index is 10.7. The van der Waals surface area contributed by atoms with Crippen LogP contribution in [-0.2, 0) is 0 Å². The summed E-state index contributed by atoms with van der Waals surface area (Å²) in [4.78, 5) is 14.7. The second-order valence-electron chi connectivity index (χ2n) is 4.83. The normalized spacial score (nSPS) is 15.2. The summed E-state index contributed by atoms with van der Waals surface area (Å²) in [7, 11) is 0. The van der Waals surface area contributed by atoms with Crippen LogP contribution in [0.4, 0.5) is 15.7 Å². The van der Waals surface area contributed by atoms with Gasteiger partial charge in [-0.15, -0.1) is 0 Å². The van der Waals surface area contributed by atoms with Crippen LogP contribution in [0.2, 0.25) is 0 Å². The zero-order valence-corrected chi connectivity index (χ0v) is 12.1. The summed E-state index contributed by atoms with van der Waals surface area (Å²) in [5.74, 6) is 0.290. The van der Waals surface area contributed by atoms with Crippen molar-refractivity contribution in [2.24, 2.45) is 0 Å². The molecular formula is C14H15N3O3S. The molecule has 1 aliphatic rings. The molecule has 2 heterocycles. The highest BCUT2D eigenvalue weighted by Gasteiger charge is 2.21. The molecule has 0 spiro atoms. The third-order valence-electron chi connectivity index (χ3n) is 3.57. The molecule has 2 aromatic rings. The Morgan fingerprint density at radius 1 is 1.05 bits per heavy atom. The predicted octanol–water partition coefficient (Wildman–Crippen LogP) is 2.69. The van der Waals surface area contributed by atoms with Crippen molar-refractivity contribution in [2.45, 2.75) is 0 Å². The van der Waals surface area contributed by atoms with Gasteiger partial charge in [0.15, 0.2) is 0 Å². The Bertz CT molecular complexity index is 650. The lowest BCUT2D eigenvalue weighted by Crippen LogP contribution is -2.46. The number of anilines is 2. The van der Waals surface area contributed by atoms with Crippen molar-refractivity contribution in [3.63, 3.8) is 0 Å². The van der Waals surface area contributed by atoms with Gasteiger partial charge in [-0.25, -0.2) is 0 Å². The van der Waals surface area contributed by atoms with Crippen LogP contribution in [0.1, 0.15) is 0 Å². The Morgan fingerprint density at radius 3 is 2.33 bits per heavy atom. The van der Waals surface area contributed by atoms with E-state index in [0.29, 0.717) is 0 Å². The molecule has 1 aromatic carbocycles. The van der Waals surface area contributed by atoms with E-state index in [2.05, 4.69) is 9.80 Å². The number of aromatic hydroxyl groups is 1. The molecule has 7 heteroatoms. The van der Waals surface area contributed by atoms with Crippen LogP contribution in [0.5, 0.6) is 5.75 Å². The standard InChI is InChI=1S/C14H15N3O3S/c18-12-4-2-1-3-11(12)15-7-9-16(10-8-15)13-5-6-14(21-13)17(19)20/h1-6,18H,7-10H2. The Balaban J connectivity index is 1.67. The number of thiophene rings is 1. The molecule has 0 radical (unpaired) electrons. The first-order chi connectivity index (χ1) is 10.1. The predicted molar refractivity (Wildman–Crippen MR) is 83.5 cm³/mol. The van der Waals surface area contributed by atoms with Crippen molar-refractivity contribution in [3.05, 3.63) is 46.5 Å². The fourth-order valence-corrected chi connectivity index (χ4v) is 3.36.